The maximum absolute atomic E-state index is 12.2. The molecule has 2 N–H and O–H groups in total. The lowest BCUT2D eigenvalue weighted by atomic mass is 10.1. The number of nitrogens with one attached hydrogen (secondary N) is 2. The van der Waals surface area contributed by atoms with E-state index in [4.69, 9.17) is 0 Å². The lowest BCUT2D eigenvalue weighted by Crippen LogP contribution is -2.43. The fourth-order valence-electron chi connectivity index (χ4n) is 2.96. The molecular formula is C18H38IN5O. The molecule has 1 rings (SSSR count). The van der Waals surface area contributed by atoms with Gasteiger partial charge in [-0.05, 0) is 45.1 Å². The molecule has 1 heterocycles. The van der Waals surface area contributed by atoms with Crippen LogP contribution in [0.15, 0.2) is 4.99 Å². The van der Waals surface area contributed by atoms with Crippen molar-refractivity contribution in [3.05, 3.63) is 0 Å². The molecule has 0 saturated carbocycles. The Morgan fingerprint density at radius 1 is 1.32 bits per heavy atom. The van der Waals surface area contributed by atoms with Gasteiger partial charge >= 0.3 is 0 Å². The Morgan fingerprint density at radius 2 is 2.04 bits per heavy atom. The fraction of sp³-hybridized carbons (Fsp3) is 0.889. The van der Waals surface area contributed by atoms with Gasteiger partial charge in [-0.2, -0.15) is 0 Å². The van der Waals surface area contributed by atoms with E-state index >= 15 is 0 Å². The first kappa shape index (κ1) is 24.4. The van der Waals surface area contributed by atoms with Crippen molar-refractivity contribution in [2.75, 3.05) is 46.8 Å². The van der Waals surface area contributed by atoms with Gasteiger partial charge in [0.15, 0.2) is 5.96 Å². The normalized spacial score (nSPS) is 18.2. The van der Waals surface area contributed by atoms with E-state index in [0.717, 1.165) is 64.4 Å². The highest BCUT2D eigenvalue weighted by Crippen LogP contribution is 2.18. The number of nitrogens with zero attached hydrogens (tertiary/aromatic N) is 3. The van der Waals surface area contributed by atoms with Crippen LogP contribution in [0.2, 0.25) is 0 Å². The number of hydrogen-bond acceptors (Lipinski definition) is 3. The topological polar surface area (TPSA) is 60.0 Å². The number of carbonyl (C=O) groups is 1. The highest BCUT2D eigenvalue weighted by Gasteiger charge is 2.30. The Balaban J connectivity index is 0.00000576. The first-order chi connectivity index (χ1) is 11.5. The summed E-state index contributed by atoms with van der Waals surface area (Å²) in [7, 11) is 3.68. The van der Waals surface area contributed by atoms with Crippen molar-refractivity contribution in [2.45, 2.75) is 52.5 Å². The van der Waals surface area contributed by atoms with Crippen LogP contribution in [0.4, 0.5) is 0 Å². The maximum atomic E-state index is 12.2. The average molecular weight is 467 g/mol. The minimum atomic E-state index is 0. The van der Waals surface area contributed by atoms with Crippen LogP contribution in [0.25, 0.3) is 0 Å². The number of amides is 1. The summed E-state index contributed by atoms with van der Waals surface area (Å²) in [4.78, 5) is 20.9. The zero-order valence-electron chi connectivity index (χ0n) is 16.7. The molecule has 0 aliphatic carbocycles. The van der Waals surface area contributed by atoms with Gasteiger partial charge in [-0.15, -0.1) is 24.0 Å². The summed E-state index contributed by atoms with van der Waals surface area (Å²) < 4.78 is 0. The third-order valence-corrected chi connectivity index (χ3v) is 4.32. The van der Waals surface area contributed by atoms with Gasteiger partial charge in [0, 0.05) is 40.3 Å². The number of rotatable bonds is 9. The van der Waals surface area contributed by atoms with E-state index in [1.54, 1.807) is 4.90 Å². The lowest BCUT2D eigenvalue weighted by molar-refractivity contribution is -0.133. The zero-order chi connectivity index (χ0) is 17.9. The second kappa shape index (κ2) is 13.6. The van der Waals surface area contributed by atoms with Crippen LogP contribution in [0.1, 0.15) is 46.5 Å². The summed E-state index contributed by atoms with van der Waals surface area (Å²) in [5, 5.41) is 6.68. The third kappa shape index (κ3) is 9.63. The van der Waals surface area contributed by atoms with E-state index in [-0.39, 0.29) is 35.9 Å². The number of hydrogen-bond donors (Lipinski definition) is 2. The summed E-state index contributed by atoms with van der Waals surface area (Å²) >= 11 is 0. The van der Waals surface area contributed by atoms with Crippen LogP contribution < -0.4 is 10.6 Å². The Bertz CT molecular complexity index is 401. The van der Waals surface area contributed by atoms with E-state index in [9.17, 15) is 4.79 Å². The summed E-state index contributed by atoms with van der Waals surface area (Å²) in [6, 6.07) is 0.0707. The van der Waals surface area contributed by atoms with E-state index in [1.807, 2.05) is 14.1 Å². The molecule has 148 valence electrons. The van der Waals surface area contributed by atoms with E-state index in [1.165, 1.54) is 0 Å². The minimum Gasteiger partial charge on any atom is -0.357 e. The molecule has 25 heavy (non-hydrogen) atoms. The monoisotopic (exact) mass is 467 g/mol. The molecular weight excluding hydrogens is 429 g/mol. The maximum Gasteiger partial charge on any atom is 0.239 e. The van der Waals surface area contributed by atoms with Gasteiger partial charge in [0.05, 0.1) is 6.04 Å². The summed E-state index contributed by atoms with van der Waals surface area (Å²) in [6.45, 7) is 11.1. The SMILES string of the molecule is CCNC(=NCCCN1CCCC1C(=O)N(C)C)NCCC(C)C.I. The molecule has 0 spiro atoms. The number of aliphatic imine (C=N–C) groups is 1. The van der Waals surface area contributed by atoms with Gasteiger partial charge < -0.3 is 15.5 Å². The Kier molecular flexibility index (Phi) is 13.3. The van der Waals surface area contributed by atoms with Crippen molar-refractivity contribution in [3.63, 3.8) is 0 Å². The predicted octanol–water partition coefficient (Wildman–Crippen LogP) is 2.15. The third-order valence-electron chi connectivity index (χ3n) is 4.32. The van der Waals surface area contributed by atoms with Gasteiger partial charge in [-0.25, -0.2) is 0 Å². The van der Waals surface area contributed by atoms with Crippen molar-refractivity contribution < 1.29 is 4.79 Å². The first-order valence-electron chi connectivity index (χ1n) is 9.43. The minimum absolute atomic E-state index is 0. The van der Waals surface area contributed by atoms with Gasteiger partial charge in [-0.1, -0.05) is 13.8 Å². The highest BCUT2D eigenvalue weighted by atomic mass is 127. The lowest BCUT2D eigenvalue weighted by Gasteiger charge is -2.25. The van der Waals surface area contributed by atoms with Crippen LogP contribution in [0.3, 0.4) is 0 Å². The first-order valence-corrected chi connectivity index (χ1v) is 9.43. The second-order valence-electron chi connectivity index (χ2n) is 7.15. The van der Waals surface area contributed by atoms with Gasteiger partial charge in [0.2, 0.25) is 5.91 Å². The number of likely N-dealkylation sites (tertiary alicyclic amines) is 1. The van der Waals surface area contributed by atoms with Crippen molar-refractivity contribution >= 4 is 35.8 Å². The molecule has 6 nitrogen and oxygen atoms in total. The molecule has 0 aromatic carbocycles. The molecule has 0 bridgehead atoms. The van der Waals surface area contributed by atoms with E-state index in [2.05, 4.69) is 41.3 Å². The van der Waals surface area contributed by atoms with E-state index in [0.29, 0.717) is 5.92 Å². The Hall–Kier alpha value is -0.570. The van der Waals surface area contributed by atoms with Crippen LogP contribution >= 0.6 is 24.0 Å². The van der Waals surface area contributed by atoms with Gasteiger partial charge in [0.25, 0.3) is 0 Å². The molecule has 1 aliphatic rings. The molecule has 1 atom stereocenters. The van der Waals surface area contributed by atoms with Gasteiger partial charge in [0.1, 0.15) is 0 Å². The molecule has 0 aromatic heterocycles. The van der Waals surface area contributed by atoms with Crippen molar-refractivity contribution in [2.24, 2.45) is 10.9 Å². The van der Waals surface area contributed by atoms with Crippen molar-refractivity contribution in [3.8, 4) is 0 Å². The Morgan fingerprint density at radius 3 is 2.64 bits per heavy atom. The number of guanidine groups is 1. The van der Waals surface area contributed by atoms with Crippen molar-refractivity contribution in [1.82, 2.24) is 20.4 Å². The Labute approximate surface area is 171 Å². The average Bonchev–Trinajstić information content (AvgIpc) is 2.98. The number of carbonyl (C=O) groups excluding carboxylic acids is 1. The van der Waals surface area contributed by atoms with Crippen LogP contribution in [0.5, 0.6) is 0 Å². The van der Waals surface area contributed by atoms with Gasteiger partial charge in [-0.3, -0.25) is 14.7 Å². The smallest absolute Gasteiger partial charge is 0.239 e. The van der Waals surface area contributed by atoms with E-state index < -0.39 is 0 Å². The highest BCUT2D eigenvalue weighted by molar-refractivity contribution is 14.0. The molecule has 7 heteroatoms. The fourth-order valence-corrected chi connectivity index (χ4v) is 2.96. The molecule has 1 fully saturated rings. The van der Waals surface area contributed by atoms with Crippen LogP contribution in [-0.2, 0) is 4.79 Å². The zero-order valence-corrected chi connectivity index (χ0v) is 19.0. The molecule has 1 saturated heterocycles. The molecule has 0 aromatic rings. The summed E-state index contributed by atoms with van der Waals surface area (Å²) in [5.74, 6) is 1.84. The summed E-state index contributed by atoms with van der Waals surface area (Å²) in [6.07, 6.45) is 4.23. The number of halogens is 1. The largest absolute Gasteiger partial charge is 0.357 e. The molecule has 1 unspecified atom stereocenters. The molecule has 1 aliphatic heterocycles. The standard InChI is InChI=1S/C18H37N5O.HI/c1-6-19-18(21-12-10-15(2)3)20-11-8-14-23-13-7-9-16(23)17(24)22(4)5;/h15-16H,6-14H2,1-5H3,(H2,19,20,21);1H. The predicted molar refractivity (Wildman–Crippen MR) is 117 cm³/mol. The molecule has 1 amide bonds. The second-order valence-corrected chi connectivity index (χ2v) is 7.15. The molecule has 0 radical (unpaired) electrons. The van der Waals surface area contributed by atoms with Crippen LogP contribution in [0, 0.1) is 5.92 Å². The van der Waals surface area contributed by atoms with Crippen LogP contribution in [-0.4, -0.2) is 74.5 Å². The number of likely N-dealkylation sites (N-methyl/N-ethyl adjacent to an activating group) is 1. The quantitative estimate of drug-likeness (QED) is 0.236. The summed E-state index contributed by atoms with van der Waals surface area (Å²) in [5.41, 5.74) is 0. The van der Waals surface area contributed by atoms with Crippen molar-refractivity contribution in [1.29, 1.82) is 0 Å².